The van der Waals surface area contributed by atoms with E-state index in [2.05, 4.69) is 40.2 Å². The van der Waals surface area contributed by atoms with Gasteiger partial charge in [0.15, 0.2) is 0 Å². The number of rotatable bonds is 5. The van der Waals surface area contributed by atoms with E-state index < -0.39 is 0 Å². The van der Waals surface area contributed by atoms with E-state index in [0.29, 0.717) is 10.9 Å². The third-order valence-electron chi connectivity index (χ3n) is 5.14. The first-order valence-corrected chi connectivity index (χ1v) is 9.60. The van der Waals surface area contributed by atoms with Crippen LogP contribution in [0.5, 0.6) is 0 Å². The van der Waals surface area contributed by atoms with Crippen molar-refractivity contribution in [3.8, 4) is 0 Å². The second-order valence-corrected chi connectivity index (χ2v) is 7.79. The van der Waals surface area contributed by atoms with E-state index in [1.165, 1.54) is 63.4 Å². The van der Waals surface area contributed by atoms with Crippen molar-refractivity contribution in [2.75, 3.05) is 6.61 Å². The molecule has 1 heterocycles. The van der Waals surface area contributed by atoms with Gasteiger partial charge < -0.3 is 4.74 Å². The van der Waals surface area contributed by atoms with Gasteiger partial charge in [0.2, 0.25) is 0 Å². The lowest BCUT2D eigenvalue weighted by molar-refractivity contribution is 0.102. The summed E-state index contributed by atoms with van der Waals surface area (Å²) in [7, 11) is 0. The van der Waals surface area contributed by atoms with Crippen LogP contribution in [0.15, 0.2) is 24.3 Å². The van der Waals surface area contributed by atoms with E-state index in [-0.39, 0.29) is 0 Å². The second-order valence-electron chi connectivity index (χ2n) is 6.68. The van der Waals surface area contributed by atoms with Gasteiger partial charge in [-0.15, -0.1) is 0 Å². The highest BCUT2D eigenvalue weighted by Crippen LogP contribution is 2.35. The van der Waals surface area contributed by atoms with Crippen LogP contribution in [0.3, 0.4) is 0 Å². The van der Waals surface area contributed by atoms with Crippen molar-refractivity contribution in [2.45, 2.75) is 74.6 Å². The van der Waals surface area contributed by atoms with Crippen molar-refractivity contribution in [3.05, 3.63) is 35.4 Å². The molecule has 2 heteroatoms. The van der Waals surface area contributed by atoms with Gasteiger partial charge in [-0.2, -0.15) is 0 Å². The lowest BCUT2D eigenvalue weighted by Gasteiger charge is -2.22. The molecule has 1 aliphatic carbocycles. The molecule has 3 rings (SSSR count). The molecule has 0 aromatic heterocycles. The first-order valence-electron chi connectivity index (χ1n) is 8.68. The fraction of sp³-hybridized carbons (Fsp3) is 0.684. The number of hydrogen-bond donors (Lipinski definition) is 0. The molecule has 1 nitrogen and oxygen atoms in total. The fourth-order valence-electron chi connectivity index (χ4n) is 3.78. The van der Waals surface area contributed by atoms with Crippen molar-refractivity contribution in [2.24, 2.45) is 0 Å². The summed E-state index contributed by atoms with van der Waals surface area (Å²) < 4.78 is 5.72. The summed E-state index contributed by atoms with van der Waals surface area (Å²) >= 11 is 3.86. The molecular weight excluding hydrogens is 324 g/mol. The summed E-state index contributed by atoms with van der Waals surface area (Å²) in [6.07, 6.45) is 12.4. The van der Waals surface area contributed by atoms with Gasteiger partial charge in [0.25, 0.3) is 0 Å². The molecule has 0 amide bonds. The molecule has 1 saturated heterocycles. The molecule has 1 aliphatic heterocycles. The van der Waals surface area contributed by atoms with Gasteiger partial charge in [0, 0.05) is 11.4 Å². The first-order chi connectivity index (χ1) is 10.3. The van der Waals surface area contributed by atoms with E-state index in [1.54, 1.807) is 5.56 Å². The molecule has 2 atom stereocenters. The largest absolute Gasteiger partial charge is 0.378 e. The Labute approximate surface area is 137 Å². The van der Waals surface area contributed by atoms with Crippen molar-refractivity contribution in [1.29, 1.82) is 0 Å². The lowest BCUT2D eigenvalue weighted by Crippen LogP contribution is -2.06. The Kier molecular flexibility index (Phi) is 5.76. The zero-order valence-corrected chi connectivity index (χ0v) is 14.5. The molecule has 0 N–H and O–H groups in total. The summed E-state index contributed by atoms with van der Waals surface area (Å²) in [5, 5.41) is 0. The van der Waals surface area contributed by atoms with Crippen LogP contribution in [0.1, 0.15) is 79.7 Å². The van der Waals surface area contributed by atoms with Gasteiger partial charge >= 0.3 is 0 Å². The minimum absolute atomic E-state index is 0.474. The van der Waals surface area contributed by atoms with E-state index in [1.807, 2.05) is 0 Å². The molecule has 2 aliphatic rings. The maximum Gasteiger partial charge on any atom is 0.0576 e. The third-order valence-corrected chi connectivity index (χ3v) is 6.13. The fourth-order valence-corrected chi connectivity index (χ4v) is 4.35. The maximum atomic E-state index is 5.72. The van der Waals surface area contributed by atoms with Crippen molar-refractivity contribution in [3.63, 3.8) is 0 Å². The number of benzene rings is 1. The molecule has 1 saturated carbocycles. The normalized spacial score (nSPS) is 25.1. The van der Waals surface area contributed by atoms with Crippen LogP contribution in [0, 0.1) is 0 Å². The average molecular weight is 351 g/mol. The van der Waals surface area contributed by atoms with Crippen LogP contribution in [0.4, 0.5) is 0 Å². The molecule has 1 aromatic carbocycles. The van der Waals surface area contributed by atoms with E-state index in [4.69, 9.17) is 4.74 Å². The Bertz CT molecular complexity index is 416. The smallest absolute Gasteiger partial charge is 0.0576 e. The molecule has 2 unspecified atom stereocenters. The van der Waals surface area contributed by atoms with Gasteiger partial charge in [0.1, 0.15) is 0 Å². The Morgan fingerprint density at radius 3 is 2.43 bits per heavy atom. The van der Waals surface area contributed by atoms with Gasteiger partial charge in [-0.05, 0) is 55.6 Å². The van der Waals surface area contributed by atoms with Gasteiger partial charge in [-0.1, -0.05) is 59.5 Å². The minimum atomic E-state index is 0.474. The highest BCUT2D eigenvalue weighted by Gasteiger charge is 2.18. The molecule has 116 valence electrons. The Hall–Kier alpha value is -0.340. The zero-order chi connectivity index (χ0) is 14.5. The Balaban J connectivity index is 1.52. The zero-order valence-electron chi connectivity index (χ0n) is 12.9. The van der Waals surface area contributed by atoms with E-state index in [9.17, 15) is 0 Å². The minimum Gasteiger partial charge on any atom is -0.378 e. The Morgan fingerprint density at radius 2 is 1.76 bits per heavy atom. The number of halogens is 1. The average Bonchev–Trinajstić information content (AvgIpc) is 3.07. The molecule has 0 spiro atoms. The van der Waals surface area contributed by atoms with Gasteiger partial charge in [0.05, 0.1) is 6.10 Å². The number of ether oxygens (including phenoxy) is 1. The standard InChI is InChI=1S/C19H27BrO/c20-19(13-12-18-7-4-14-21-18)17-10-8-16(9-11-17)15-5-2-1-3-6-15/h8-11,15,18-19H,1-7,12-14H2. The lowest BCUT2D eigenvalue weighted by atomic mass is 9.84. The quantitative estimate of drug-likeness (QED) is 0.580. The van der Waals surface area contributed by atoms with E-state index >= 15 is 0 Å². The molecule has 0 radical (unpaired) electrons. The number of hydrogen-bond acceptors (Lipinski definition) is 1. The predicted octanol–water partition coefficient (Wildman–Crippen LogP) is 6.13. The molecule has 0 bridgehead atoms. The van der Waals surface area contributed by atoms with Crippen LogP contribution >= 0.6 is 15.9 Å². The van der Waals surface area contributed by atoms with Crippen molar-refractivity contribution >= 4 is 15.9 Å². The third kappa shape index (κ3) is 4.32. The van der Waals surface area contributed by atoms with Crippen LogP contribution in [0.25, 0.3) is 0 Å². The summed E-state index contributed by atoms with van der Waals surface area (Å²) in [6.45, 7) is 0.966. The number of alkyl halides is 1. The highest BCUT2D eigenvalue weighted by molar-refractivity contribution is 9.09. The van der Waals surface area contributed by atoms with Gasteiger partial charge in [-0.25, -0.2) is 0 Å². The van der Waals surface area contributed by atoms with Crippen LogP contribution in [-0.2, 0) is 4.74 Å². The monoisotopic (exact) mass is 350 g/mol. The Morgan fingerprint density at radius 1 is 1.00 bits per heavy atom. The summed E-state index contributed by atoms with van der Waals surface area (Å²) in [5.74, 6) is 0.813. The first kappa shape index (κ1) is 15.6. The van der Waals surface area contributed by atoms with Crippen molar-refractivity contribution < 1.29 is 4.74 Å². The molecule has 2 fully saturated rings. The van der Waals surface area contributed by atoms with E-state index in [0.717, 1.165) is 12.5 Å². The van der Waals surface area contributed by atoms with Crippen LogP contribution < -0.4 is 0 Å². The van der Waals surface area contributed by atoms with Crippen LogP contribution in [-0.4, -0.2) is 12.7 Å². The SMILES string of the molecule is BrC(CCC1CCCO1)c1ccc(C2CCCCC2)cc1. The molecular formula is C19H27BrO. The predicted molar refractivity (Wildman–Crippen MR) is 92.1 cm³/mol. The summed E-state index contributed by atoms with van der Waals surface area (Å²) in [6, 6.07) is 9.40. The van der Waals surface area contributed by atoms with Gasteiger partial charge in [-0.3, -0.25) is 0 Å². The van der Waals surface area contributed by atoms with Crippen molar-refractivity contribution in [1.82, 2.24) is 0 Å². The maximum absolute atomic E-state index is 5.72. The summed E-state index contributed by atoms with van der Waals surface area (Å²) in [5.41, 5.74) is 2.98. The summed E-state index contributed by atoms with van der Waals surface area (Å²) in [4.78, 5) is 0.474. The topological polar surface area (TPSA) is 9.23 Å². The molecule has 21 heavy (non-hydrogen) atoms. The highest BCUT2D eigenvalue weighted by atomic mass is 79.9. The second kappa shape index (κ2) is 7.78. The molecule has 1 aromatic rings. The van der Waals surface area contributed by atoms with Crippen LogP contribution in [0.2, 0.25) is 0 Å².